The van der Waals surface area contributed by atoms with E-state index in [1.165, 1.54) is 24.6 Å². The van der Waals surface area contributed by atoms with Crippen molar-refractivity contribution in [1.29, 1.82) is 0 Å². The molecule has 0 aliphatic carbocycles. The fourth-order valence-corrected chi connectivity index (χ4v) is 2.72. The summed E-state index contributed by atoms with van der Waals surface area (Å²) < 4.78 is 67.0. The van der Waals surface area contributed by atoms with Gasteiger partial charge in [-0.05, 0) is 42.5 Å². The molecule has 8 nitrogen and oxygen atoms in total. The number of nitrogens with one attached hydrogen (secondary N) is 1. The van der Waals surface area contributed by atoms with Crippen LogP contribution in [0.15, 0.2) is 63.8 Å². The fraction of sp³-hybridized carbons (Fsp3) is 0.100. The SMILES string of the molecule is O=C(Nc1cc(-c2nnc(-c3ccco3)o2)ccn1)c1cc(C(F)(F)F)ccc1OCF. The predicted octanol–water partition coefficient (Wildman–Crippen LogP) is 4.97. The minimum absolute atomic E-state index is 0.0196. The van der Waals surface area contributed by atoms with Crippen LogP contribution in [0.4, 0.5) is 23.4 Å². The number of halogens is 4. The van der Waals surface area contributed by atoms with Gasteiger partial charge >= 0.3 is 6.18 Å². The molecule has 0 bridgehead atoms. The van der Waals surface area contributed by atoms with E-state index in [4.69, 9.17) is 8.83 Å². The summed E-state index contributed by atoms with van der Waals surface area (Å²) in [6.07, 6.45) is -1.94. The highest BCUT2D eigenvalue weighted by Gasteiger charge is 2.32. The fourth-order valence-electron chi connectivity index (χ4n) is 2.72. The summed E-state index contributed by atoms with van der Waals surface area (Å²) >= 11 is 0. The number of alkyl halides is 4. The third-order valence-electron chi connectivity index (χ3n) is 4.17. The number of furan rings is 1. The van der Waals surface area contributed by atoms with Gasteiger partial charge in [0.05, 0.1) is 17.4 Å². The van der Waals surface area contributed by atoms with Crippen LogP contribution in [0.5, 0.6) is 5.75 Å². The van der Waals surface area contributed by atoms with Crippen LogP contribution in [0, 0.1) is 0 Å². The van der Waals surface area contributed by atoms with Crippen LogP contribution in [0.1, 0.15) is 15.9 Å². The van der Waals surface area contributed by atoms with E-state index in [2.05, 4.69) is 25.2 Å². The van der Waals surface area contributed by atoms with E-state index in [9.17, 15) is 22.4 Å². The van der Waals surface area contributed by atoms with Crippen LogP contribution >= 0.6 is 0 Å². The van der Waals surface area contributed by atoms with Gasteiger partial charge in [0.25, 0.3) is 11.8 Å². The van der Waals surface area contributed by atoms with Gasteiger partial charge in [0.1, 0.15) is 11.6 Å². The van der Waals surface area contributed by atoms with Gasteiger partial charge in [0, 0.05) is 11.8 Å². The summed E-state index contributed by atoms with van der Waals surface area (Å²) in [4.78, 5) is 16.6. The van der Waals surface area contributed by atoms with Crippen molar-refractivity contribution in [2.75, 3.05) is 12.2 Å². The standard InChI is InChI=1S/C20H12F4N4O4/c21-10-31-14-4-3-12(20(22,23)24)9-13(14)17(29)26-16-8-11(5-6-25-16)18-27-28-19(32-18)15-2-1-7-30-15/h1-9H,10H2,(H,25,26,29). The lowest BCUT2D eigenvalue weighted by Crippen LogP contribution is -2.16. The first-order chi connectivity index (χ1) is 15.3. The number of rotatable bonds is 6. The summed E-state index contributed by atoms with van der Waals surface area (Å²) in [5.41, 5.74) is -1.22. The lowest BCUT2D eigenvalue weighted by molar-refractivity contribution is -0.137. The van der Waals surface area contributed by atoms with Crippen molar-refractivity contribution in [3.8, 4) is 28.9 Å². The molecule has 164 valence electrons. The number of nitrogens with zero attached hydrogens (tertiary/aromatic N) is 3. The zero-order valence-electron chi connectivity index (χ0n) is 15.9. The van der Waals surface area contributed by atoms with Gasteiger partial charge in [-0.15, -0.1) is 10.2 Å². The van der Waals surface area contributed by atoms with Crippen LogP contribution in [-0.4, -0.2) is 27.9 Å². The normalized spacial score (nSPS) is 11.4. The first-order valence-corrected chi connectivity index (χ1v) is 8.90. The minimum Gasteiger partial charge on any atom is -0.462 e. The molecule has 4 rings (SSSR count). The molecule has 0 aliphatic rings. The Kier molecular flexibility index (Phi) is 5.58. The first kappa shape index (κ1) is 21.0. The summed E-state index contributed by atoms with van der Waals surface area (Å²) in [7, 11) is 0. The molecule has 0 aliphatic heterocycles. The Morgan fingerprint density at radius 2 is 1.91 bits per heavy atom. The molecule has 1 aromatic carbocycles. The number of benzene rings is 1. The second-order valence-corrected chi connectivity index (χ2v) is 6.24. The second-order valence-electron chi connectivity index (χ2n) is 6.24. The Labute approximate surface area is 176 Å². The number of hydrogen-bond acceptors (Lipinski definition) is 7. The first-order valence-electron chi connectivity index (χ1n) is 8.90. The van der Waals surface area contributed by atoms with Gasteiger partial charge in [-0.1, -0.05) is 0 Å². The van der Waals surface area contributed by atoms with Crippen molar-refractivity contribution in [3.05, 3.63) is 66.1 Å². The number of ether oxygens (including phenoxy) is 1. The second kappa shape index (κ2) is 8.49. The van der Waals surface area contributed by atoms with Gasteiger partial charge in [0.2, 0.25) is 12.8 Å². The van der Waals surface area contributed by atoms with E-state index in [1.807, 2.05) is 0 Å². The van der Waals surface area contributed by atoms with Gasteiger partial charge in [-0.2, -0.15) is 13.2 Å². The van der Waals surface area contributed by atoms with Crippen molar-refractivity contribution in [2.24, 2.45) is 0 Å². The van der Waals surface area contributed by atoms with Crippen LogP contribution in [0.25, 0.3) is 23.1 Å². The molecule has 1 amide bonds. The van der Waals surface area contributed by atoms with E-state index in [0.29, 0.717) is 23.5 Å². The zero-order valence-corrected chi connectivity index (χ0v) is 15.9. The molecule has 0 fully saturated rings. The maximum Gasteiger partial charge on any atom is 0.416 e. The number of amides is 1. The van der Waals surface area contributed by atoms with Crippen molar-refractivity contribution in [3.63, 3.8) is 0 Å². The van der Waals surface area contributed by atoms with Crippen LogP contribution in [0.3, 0.4) is 0 Å². The molecule has 0 unspecified atom stereocenters. The van der Waals surface area contributed by atoms with Crippen molar-refractivity contribution in [2.45, 2.75) is 6.18 Å². The number of pyridine rings is 1. The van der Waals surface area contributed by atoms with E-state index in [-0.39, 0.29) is 23.3 Å². The van der Waals surface area contributed by atoms with Gasteiger partial charge in [0.15, 0.2) is 5.76 Å². The molecule has 0 saturated carbocycles. The molecule has 3 heterocycles. The summed E-state index contributed by atoms with van der Waals surface area (Å²) in [5, 5.41) is 10.1. The molecule has 0 spiro atoms. The summed E-state index contributed by atoms with van der Waals surface area (Å²) in [5.74, 6) is -0.774. The Morgan fingerprint density at radius 1 is 1.09 bits per heavy atom. The number of anilines is 1. The highest BCUT2D eigenvalue weighted by molar-refractivity contribution is 6.06. The van der Waals surface area contributed by atoms with Crippen molar-refractivity contribution in [1.82, 2.24) is 15.2 Å². The zero-order chi connectivity index (χ0) is 22.7. The Hall–Kier alpha value is -4.22. The molecule has 0 saturated heterocycles. The molecule has 1 N–H and O–H groups in total. The molecule has 32 heavy (non-hydrogen) atoms. The van der Waals surface area contributed by atoms with Crippen LogP contribution in [0.2, 0.25) is 0 Å². The van der Waals surface area contributed by atoms with Crippen molar-refractivity contribution >= 4 is 11.7 Å². The average Bonchev–Trinajstić information content (AvgIpc) is 3.45. The lowest BCUT2D eigenvalue weighted by atomic mass is 10.1. The van der Waals surface area contributed by atoms with Crippen molar-refractivity contribution < 1.29 is 35.9 Å². The molecular weight excluding hydrogens is 436 g/mol. The topological polar surface area (TPSA) is 103 Å². The molecule has 0 radical (unpaired) electrons. The Bertz CT molecular complexity index is 1240. The molecule has 3 aromatic heterocycles. The number of aromatic nitrogens is 3. The maximum absolute atomic E-state index is 13.0. The average molecular weight is 448 g/mol. The Morgan fingerprint density at radius 3 is 2.62 bits per heavy atom. The molecular formula is C20H12F4N4O4. The monoisotopic (exact) mass is 448 g/mol. The Balaban J connectivity index is 1.59. The predicted molar refractivity (Wildman–Crippen MR) is 101 cm³/mol. The largest absolute Gasteiger partial charge is 0.462 e. The third-order valence-corrected chi connectivity index (χ3v) is 4.17. The third kappa shape index (κ3) is 4.43. The maximum atomic E-state index is 13.0. The van der Waals surface area contributed by atoms with E-state index < -0.39 is 30.1 Å². The molecule has 12 heteroatoms. The van der Waals surface area contributed by atoms with Crippen LogP contribution in [-0.2, 0) is 6.18 Å². The van der Waals surface area contributed by atoms with Gasteiger partial charge < -0.3 is 18.9 Å². The lowest BCUT2D eigenvalue weighted by Gasteiger charge is -2.13. The number of hydrogen-bond donors (Lipinski definition) is 1. The molecule has 0 atom stereocenters. The minimum atomic E-state index is -4.70. The number of carbonyl (C=O) groups is 1. The quantitative estimate of drug-likeness (QED) is 0.416. The smallest absolute Gasteiger partial charge is 0.416 e. The molecule has 4 aromatic rings. The summed E-state index contributed by atoms with van der Waals surface area (Å²) in [6, 6.07) is 8.30. The van der Waals surface area contributed by atoms with E-state index >= 15 is 0 Å². The van der Waals surface area contributed by atoms with E-state index in [0.717, 1.165) is 6.07 Å². The number of carbonyl (C=O) groups excluding carboxylic acids is 1. The van der Waals surface area contributed by atoms with Crippen LogP contribution < -0.4 is 10.1 Å². The van der Waals surface area contributed by atoms with Gasteiger partial charge in [-0.25, -0.2) is 9.37 Å². The summed E-state index contributed by atoms with van der Waals surface area (Å²) in [6.45, 7) is -1.32. The highest BCUT2D eigenvalue weighted by Crippen LogP contribution is 2.33. The highest BCUT2D eigenvalue weighted by atomic mass is 19.4. The van der Waals surface area contributed by atoms with Gasteiger partial charge in [-0.3, -0.25) is 4.79 Å². The van der Waals surface area contributed by atoms with E-state index in [1.54, 1.807) is 12.1 Å².